The van der Waals surface area contributed by atoms with Crippen LogP contribution in [0.5, 0.6) is 0 Å². The molecule has 0 amide bonds. The molecule has 1 aliphatic heterocycles. The minimum atomic E-state index is 0. The van der Waals surface area contributed by atoms with Crippen LogP contribution in [0.3, 0.4) is 0 Å². The van der Waals surface area contributed by atoms with Crippen molar-refractivity contribution in [1.82, 2.24) is 0 Å². The fraction of sp³-hybridized carbons (Fsp3) is 0.667. The minimum Gasteiger partial charge on any atom is -1.00 e. The molecule has 0 N–H and O–H groups in total. The van der Waals surface area contributed by atoms with Crippen LogP contribution in [0, 0.1) is 0 Å². The third-order valence-corrected chi connectivity index (χ3v) is 1.20. The van der Waals surface area contributed by atoms with Gasteiger partial charge in [-0.1, -0.05) is 0 Å². The van der Waals surface area contributed by atoms with Gasteiger partial charge < -0.3 is 34.0 Å². The predicted molar refractivity (Wildman–Crippen MR) is 31.6 cm³/mol. The number of thioether (sulfide) groups is 1. The zero-order chi connectivity index (χ0) is 3.54. The Balaban J connectivity index is -0.0000000833. The second kappa shape index (κ2) is 11.5. The predicted octanol–water partition coefficient (Wildman–Crippen LogP) is -5.61. The van der Waals surface area contributed by atoms with Crippen molar-refractivity contribution >= 4 is 40.4 Å². The normalized spacial score (nSPS) is 13.0. The van der Waals surface area contributed by atoms with Crippen molar-refractivity contribution in [2.24, 2.45) is 4.99 Å². The van der Waals surface area contributed by atoms with E-state index >= 15 is 0 Å². The Kier molecular flexibility index (Phi) is 23.6. The van der Waals surface area contributed by atoms with Crippen LogP contribution < -0.4 is 34.0 Å². The van der Waals surface area contributed by atoms with Crippen molar-refractivity contribution in [2.75, 3.05) is 12.3 Å². The van der Waals surface area contributed by atoms with E-state index in [1.54, 1.807) is 11.8 Å². The number of aliphatic imine (C=N–C) groups is 1. The molecule has 0 aromatic carbocycles. The van der Waals surface area contributed by atoms with Crippen LogP contribution in [0.1, 0.15) is 0 Å². The first-order valence-electron chi connectivity index (χ1n) is 1.60. The molecule has 44 valence electrons. The van der Waals surface area contributed by atoms with E-state index < -0.39 is 0 Å². The zero-order valence-electron chi connectivity index (χ0n) is 4.31. The van der Waals surface area contributed by atoms with Crippen LogP contribution in [0.2, 0.25) is 0 Å². The van der Waals surface area contributed by atoms with E-state index in [2.05, 4.69) is 4.99 Å². The third kappa shape index (κ3) is 7.75. The Morgan fingerprint density at radius 2 is 2.00 bits per heavy atom. The monoisotopic (exact) mass is 269 g/mol. The summed E-state index contributed by atoms with van der Waals surface area (Å²) in [6.07, 6.45) is 0. The number of rotatable bonds is 0. The van der Waals surface area contributed by atoms with E-state index in [1.807, 2.05) is 5.55 Å². The topological polar surface area (TPSA) is 12.4 Å². The van der Waals surface area contributed by atoms with E-state index in [1.165, 1.54) is 5.75 Å². The van der Waals surface area contributed by atoms with E-state index in [0.29, 0.717) is 0 Å². The second-order valence-electron chi connectivity index (χ2n) is 0.882. The van der Waals surface area contributed by atoms with Gasteiger partial charge in [0, 0.05) is 12.3 Å². The zero-order valence-corrected chi connectivity index (χ0v) is 9.71. The molecule has 0 fully saturated rings. The summed E-state index contributed by atoms with van der Waals surface area (Å²) in [7, 11) is 0. The van der Waals surface area contributed by atoms with E-state index in [9.17, 15) is 0 Å². The Labute approximate surface area is 90.8 Å². The molecule has 0 aromatic heterocycles. The van der Waals surface area contributed by atoms with Crippen molar-refractivity contribution in [2.45, 2.75) is 0 Å². The van der Waals surface area contributed by atoms with Gasteiger partial charge in [0.15, 0.2) is 0 Å². The number of halogens is 2. The summed E-state index contributed by atoms with van der Waals surface area (Å²) in [5, 5.41) is 0. The molecule has 0 aliphatic carbocycles. The Morgan fingerprint density at radius 1 is 1.38 bits per heavy atom. The van der Waals surface area contributed by atoms with Gasteiger partial charge in [-0.2, -0.15) is 0 Å². The molecule has 1 aliphatic rings. The summed E-state index contributed by atoms with van der Waals surface area (Å²) >= 11 is 1.78. The summed E-state index contributed by atoms with van der Waals surface area (Å²) in [5.41, 5.74) is 1.90. The molecule has 0 bridgehead atoms. The summed E-state index contributed by atoms with van der Waals surface area (Å²) in [5.74, 6) is 1.19. The second-order valence-corrected chi connectivity index (χ2v) is 1.83. The average molecular weight is 271 g/mol. The Bertz CT molecular complexity index is 55.2. The van der Waals surface area contributed by atoms with Gasteiger partial charge in [0.2, 0.25) is 0 Å². The molecule has 5 heteroatoms. The number of hydrogen-bond donors (Lipinski definition) is 0. The molecule has 8 heavy (non-hydrogen) atoms. The van der Waals surface area contributed by atoms with Crippen molar-refractivity contribution in [3.8, 4) is 0 Å². The van der Waals surface area contributed by atoms with Gasteiger partial charge in [-0.05, 0) is 0 Å². The molecule has 0 saturated carbocycles. The number of hydrogen-bond acceptors (Lipinski definition) is 2. The first kappa shape index (κ1) is 16.4. The van der Waals surface area contributed by atoms with Crippen molar-refractivity contribution in [3.05, 3.63) is 0 Å². The van der Waals surface area contributed by atoms with E-state index in [-0.39, 0.29) is 57.0 Å². The third-order valence-electron chi connectivity index (χ3n) is 0.487. The Morgan fingerprint density at radius 3 is 2.12 bits per heavy atom. The van der Waals surface area contributed by atoms with E-state index in [4.69, 9.17) is 0 Å². The molecule has 0 saturated heterocycles. The summed E-state index contributed by atoms with van der Waals surface area (Å²) in [6, 6.07) is 0. The molecule has 1 rings (SSSR count). The largest absolute Gasteiger partial charge is 2.00 e. The van der Waals surface area contributed by atoms with Gasteiger partial charge in [0.25, 0.3) is 0 Å². The molecule has 0 spiro atoms. The van der Waals surface area contributed by atoms with Gasteiger partial charge in [-0.3, -0.25) is 4.99 Å². The van der Waals surface area contributed by atoms with Gasteiger partial charge >= 0.3 is 23.1 Å². The fourth-order valence-corrected chi connectivity index (χ4v) is 0.791. The smallest absolute Gasteiger partial charge is 1.00 e. The molecular weight excluding hydrogens is 266 g/mol. The average Bonchev–Trinajstić information content (AvgIpc) is 1.76. The van der Waals surface area contributed by atoms with Crippen molar-refractivity contribution < 1.29 is 34.0 Å². The molecule has 0 atom stereocenters. The summed E-state index contributed by atoms with van der Waals surface area (Å²) in [4.78, 5) is 3.92. The van der Waals surface area contributed by atoms with Gasteiger partial charge in [-0.15, -0.1) is 11.8 Å². The molecule has 1 heterocycles. The van der Waals surface area contributed by atoms with Crippen LogP contribution in [0.15, 0.2) is 4.99 Å². The number of nitrogens with zero attached hydrogens (tertiary/aromatic N) is 1. The standard InChI is InChI=1S/C3H5NS.2BrH.Mg/c1-2-5-3-4-1;;;/h3H,1-2H2;2*1H;/q;;;+2/p-2. The van der Waals surface area contributed by atoms with Gasteiger partial charge in [0.05, 0.1) is 5.55 Å². The van der Waals surface area contributed by atoms with Crippen LogP contribution in [0.25, 0.3) is 0 Å². The quantitative estimate of drug-likeness (QED) is 0.400. The molecule has 0 aromatic rings. The van der Waals surface area contributed by atoms with Crippen LogP contribution in [0.4, 0.5) is 0 Å². The van der Waals surface area contributed by atoms with Crippen molar-refractivity contribution in [1.29, 1.82) is 0 Å². The maximum absolute atomic E-state index is 3.92. The van der Waals surface area contributed by atoms with Gasteiger partial charge in [-0.25, -0.2) is 0 Å². The van der Waals surface area contributed by atoms with E-state index in [0.717, 1.165) is 6.54 Å². The molecule has 0 unspecified atom stereocenters. The van der Waals surface area contributed by atoms with Crippen molar-refractivity contribution in [3.63, 3.8) is 0 Å². The first-order chi connectivity index (χ1) is 2.50. The maximum atomic E-state index is 3.92. The van der Waals surface area contributed by atoms with Crippen LogP contribution >= 0.6 is 11.8 Å². The first-order valence-corrected chi connectivity index (χ1v) is 2.65. The van der Waals surface area contributed by atoms with Gasteiger partial charge in [0.1, 0.15) is 0 Å². The molecule has 1 nitrogen and oxygen atoms in total. The summed E-state index contributed by atoms with van der Waals surface area (Å²) in [6.45, 7) is 1.03. The SMILES string of the molecule is C1=NCCS1.[Br-].[Br-].[Mg+2]. The maximum Gasteiger partial charge on any atom is 2.00 e. The molecule has 0 radical (unpaired) electrons. The minimum absolute atomic E-state index is 0. The van der Waals surface area contributed by atoms with Crippen LogP contribution in [-0.2, 0) is 0 Å². The van der Waals surface area contributed by atoms with Crippen LogP contribution in [-0.4, -0.2) is 40.9 Å². The fourth-order valence-electron chi connectivity index (χ4n) is 0.264. The molecular formula is C3H5Br2MgNS. The Hall–Kier alpha value is 1.75. The summed E-state index contributed by atoms with van der Waals surface area (Å²) < 4.78 is 0.